The van der Waals surface area contributed by atoms with Crippen LogP contribution in [0.1, 0.15) is 12.7 Å². The molecule has 0 N–H and O–H groups in total. The summed E-state index contributed by atoms with van der Waals surface area (Å²) in [6, 6.07) is 5.35. The van der Waals surface area contributed by atoms with Crippen molar-refractivity contribution in [2.45, 2.75) is 13.3 Å². The van der Waals surface area contributed by atoms with Gasteiger partial charge >= 0.3 is 0 Å². The zero-order valence-electron chi connectivity index (χ0n) is 9.04. The lowest BCUT2D eigenvalue weighted by molar-refractivity contribution is 0.511. The summed E-state index contributed by atoms with van der Waals surface area (Å²) in [5, 5.41) is 0.218. The first-order valence-corrected chi connectivity index (χ1v) is 5.47. The van der Waals surface area contributed by atoms with Gasteiger partial charge < -0.3 is 0 Å². The van der Waals surface area contributed by atoms with Crippen LogP contribution in [0.25, 0.3) is 11.3 Å². The number of rotatable bonds is 2. The van der Waals surface area contributed by atoms with E-state index in [0.717, 1.165) is 6.07 Å². The van der Waals surface area contributed by atoms with Gasteiger partial charge in [-0.2, -0.15) is 0 Å². The number of aromatic nitrogens is 2. The molecular formula is C12H9ClF2N2. The summed E-state index contributed by atoms with van der Waals surface area (Å²) < 4.78 is 26.7. The van der Waals surface area contributed by atoms with Gasteiger partial charge in [0.15, 0.2) is 11.6 Å². The van der Waals surface area contributed by atoms with Crippen molar-refractivity contribution in [1.29, 1.82) is 0 Å². The Morgan fingerprint density at radius 2 is 2.00 bits per heavy atom. The first-order valence-electron chi connectivity index (χ1n) is 5.09. The van der Waals surface area contributed by atoms with Gasteiger partial charge in [0.1, 0.15) is 11.0 Å². The summed E-state index contributed by atoms with van der Waals surface area (Å²) in [4.78, 5) is 8.09. The van der Waals surface area contributed by atoms with Crippen LogP contribution in [-0.2, 0) is 6.42 Å². The van der Waals surface area contributed by atoms with E-state index in [1.807, 2.05) is 6.92 Å². The van der Waals surface area contributed by atoms with Crippen molar-refractivity contribution in [1.82, 2.24) is 9.97 Å². The Labute approximate surface area is 102 Å². The molecule has 0 atom stereocenters. The summed E-state index contributed by atoms with van der Waals surface area (Å²) in [6.07, 6.45) is 0.574. The highest BCUT2D eigenvalue weighted by Crippen LogP contribution is 2.24. The molecule has 0 spiro atoms. The molecule has 0 aliphatic heterocycles. The van der Waals surface area contributed by atoms with Gasteiger partial charge in [0.2, 0.25) is 0 Å². The predicted octanol–water partition coefficient (Wildman–Crippen LogP) is 3.64. The molecule has 0 amide bonds. The van der Waals surface area contributed by atoms with Crippen LogP contribution in [0.3, 0.4) is 0 Å². The highest BCUT2D eigenvalue weighted by molar-refractivity contribution is 6.29. The molecule has 0 aliphatic carbocycles. The normalized spacial score (nSPS) is 10.6. The molecule has 0 radical (unpaired) electrons. The van der Waals surface area contributed by atoms with Crippen LogP contribution in [0.5, 0.6) is 0 Å². The zero-order valence-corrected chi connectivity index (χ0v) is 9.80. The highest BCUT2D eigenvalue weighted by Gasteiger charge is 2.12. The van der Waals surface area contributed by atoms with Gasteiger partial charge in [0.05, 0.1) is 5.69 Å². The maximum absolute atomic E-state index is 13.6. The number of benzene rings is 1. The number of nitrogens with zero attached hydrogens (tertiary/aromatic N) is 2. The van der Waals surface area contributed by atoms with Crippen molar-refractivity contribution in [2.24, 2.45) is 0 Å². The number of hydrogen-bond acceptors (Lipinski definition) is 2. The van der Waals surface area contributed by atoms with Crippen LogP contribution >= 0.6 is 11.6 Å². The van der Waals surface area contributed by atoms with Crippen molar-refractivity contribution in [3.8, 4) is 11.3 Å². The summed E-state index contributed by atoms with van der Waals surface area (Å²) in [7, 11) is 0. The molecule has 88 valence electrons. The molecule has 5 heteroatoms. The Balaban J connectivity index is 2.60. The number of aryl methyl sites for hydroxylation is 1. The smallest absolute Gasteiger partial charge is 0.168 e. The van der Waals surface area contributed by atoms with E-state index >= 15 is 0 Å². The molecule has 0 unspecified atom stereocenters. The number of halogens is 3. The molecule has 17 heavy (non-hydrogen) atoms. The molecule has 2 aromatic rings. The Morgan fingerprint density at radius 1 is 1.24 bits per heavy atom. The van der Waals surface area contributed by atoms with Gasteiger partial charge in [-0.15, -0.1) is 0 Å². The van der Waals surface area contributed by atoms with E-state index in [9.17, 15) is 8.78 Å². The van der Waals surface area contributed by atoms with Crippen LogP contribution in [0.2, 0.25) is 5.15 Å². The second-order valence-corrected chi connectivity index (χ2v) is 3.83. The van der Waals surface area contributed by atoms with E-state index < -0.39 is 11.6 Å². The Morgan fingerprint density at radius 3 is 2.71 bits per heavy atom. The summed E-state index contributed by atoms with van der Waals surface area (Å²) in [5.41, 5.74) is 0.378. The third-order valence-electron chi connectivity index (χ3n) is 2.28. The van der Waals surface area contributed by atoms with E-state index in [1.54, 1.807) is 0 Å². The van der Waals surface area contributed by atoms with Crippen molar-refractivity contribution < 1.29 is 8.78 Å². The fourth-order valence-corrected chi connectivity index (χ4v) is 1.66. The lowest BCUT2D eigenvalue weighted by atomic mass is 10.1. The molecule has 0 fully saturated rings. The summed E-state index contributed by atoms with van der Waals surface area (Å²) >= 11 is 5.80. The minimum absolute atomic E-state index is 0.0870. The minimum atomic E-state index is -0.927. The second-order valence-electron chi connectivity index (χ2n) is 3.45. The van der Waals surface area contributed by atoms with E-state index in [-0.39, 0.29) is 10.7 Å². The fraction of sp³-hybridized carbons (Fsp3) is 0.167. The lowest BCUT2D eigenvalue weighted by Gasteiger charge is -2.05. The highest BCUT2D eigenvalue weighted by atomic mass is 35.5. The topological polar surface area (TPSA) is 25.8 Å². The van der Waals surface area contributed by atoms with Crippen molar-refractivity contribution in [3.63, 3.8) is 0 Å². The predicted molar refractivity (Wildman–Crippen MR) is 61.8 cm³/mol. The molecule has 1 heterocycles. The lowest BCUT2D eigenvalue weighted by Crippen LogP contribution is -1.98. The van der Waals surface area contributed by atoms with Gasteiger partial charge in [-0.25, -0.2) is 18.7 Å². The van der Waals surface area contributed by atoms with Crippen LogP contribution in [0.4, 0.5) is 8.78 Å². The quantitative estimate of drug-likeness (QED) is 0.765. The van der Waals surface area contributed by atoms with Crippen LogP contribution in [-0.4, -0.2) is 9.97 Å². The molecule has 1 aromatic carbocycles. The van der Waals surface area contributed by atoms with Gasteiger partial charge in [-0.1, -0.05) is 24.6 Å². The third-order valence-corrected chi connectivity index (χ3v) is 2.48. The van der Waals surface area contributed by atoms with Crippen molar-refractivity contribution >= 4 is 11.6 Å². The molecule has 1 aromatic heterocycles. The van der Waals surface area contributed by atoms with Gasteiger partial charge in [0, 0.05) is 18.1 Å². The summed E-state index contributed by atoms with van der Waals surface area (Å²) in [5.74, 6) is -1.34. The van der Waals surface area contributed by atoms with Crippen LogP contribution in [0.15, 0.2) is 24.3 Å². The molecule has 0 bridgehead atoms. The number of hydrogen-bond donors (Lipinski definition) is 0. The molecular weight excluding hydrogens is 246 g/mol. The standard InChI is InChI=1S/C12H9ClF2N2/c1-2-11-16-9(6-10(13)17-11)7-4-3-5-8(14)12(7)15/h3-6H,2H2,1H3. The first kappa shape index (κ1) is 11.9. The Hall–Kier alpha value is -1.55. The van der Waals surface area contributed by atoms with Gasteiger partial charge in [-0.05, 0) is 12.1 Å². The van der Waals surface area contributed by atoms with E-state index in [4.69, 9.17) is 11.6 Å². The van der Waals surface area contributed by atoms with E-state index in [1.165, 1.54) is 18.2 Å². The molecule has 2 rings (SSSR count). The largest absolute Gasteiger partial charge is 0.233 e. The average Bonchev–Trinajstić information content (AvgIpc) is 2.31. The fourth-order valence-electron chi connectivity index (χ4n) is 1.46. The van der Waals surface area contributed by atoms with Gasteiger partial charge in [0.25, 0.3) is 0 Å². The van der Waals surface area contributed by atoms with Gasteiger partial charge in [-0.3, -0.25) is 0 Å². The van der Waals surface area contributed by atoms with Crippen molar-refractivity contribution in [2.75, 3.05) is 0 Å². The third kappa shape index (κ3) is 2.42. The summed E-state index contributed by atoms with van der Waals surface area (Å²) in [6.45, 7) is 1.86. The second kappa shape index (κ2) is 4.75. The van der Waals surface area contributed by atoms with Crippen LogP contribution < -0.4 is 0 Å². The minimum Gasteiger partial charge on any atom is -0.233 e. The Kier molecular flexibility index (Phi) is 3.33. The Bertz CT molecular complexity index is 558. The monoisotopic (exact) mass is 254 g/mol. The first-order chi connectivity index (χ1) is 8.11. The maximum Gasteiger partial charge on any atom is 0.168 e. The zero-order chi connectivity index (χ0) is 12.4. The average molecular weight is 255 g/mol. The maximum atomic E-state index is 13.6. The molecule has 0 aliphatic rings. The SMILES string of the molecule is CCc1nc(Cl)cc(-c2cccc(F)c2F)n1. The molecule has 0 saturated carbocycles. The van der Waals surface area contributed by atoms with Crippen LogP contribution in [0, 0.1) is 11.6 Å². The van der Waals surface area contributed by atoms with Crippen molar-refractivity contribution in [3.05, 3.63) is 46.9 Å². The van der Waals surface area contributed by atoms with E-state index in [2.05, 4.69) is 9.97 Å². The molecule has 2 nitrogen and oxygen atoms in total. The molecule has 0 saturated heterocycles. The van der Waals surface area contributed by atoms with E-state index in [0.29, 0.717) is 17.9 Å².